The standard InChI is InChI=1S/C24H29N3O5/c1-24(2,3)15-7-9-19-18(12-15)27(21(28)14-31-19)13-16-8-10-20(32-16)23(30)26-17-6-4-5-11-25-22(17)29/h7-10,12,17H,4-6,11,13-14H2,1-3H3,(H,25,29)(H,26,30). The van der Waals surface area contributed by atoms with Crippen LogP contribution in [-0.4, -0.2) is 36.9 Å². The van der Waals surface area contributed by atoms with Gasteiger partial charge in [0.15, 0.2) is 12.4 Å². The molecule has 170 valence electrons. The molecule has 1 atom stereocenters. The van der Waals surface area contributed by atoms with Crippen molar-refractivity contribution in [3.63, 3.8) is 0 Å². The average Bonchev–Trinajstić information content (AvgIpc) is 3.13. The van der Waals surface area contributed by atoms with Crippen LogP contribution in [0.4, 0.5) is 5.69 Å². The lowest BCUT2D eigenvalue weighted by Gasteiger charge is -2.31. The van der Waals surface area contributed by atoms with Crippen LogP contribution in [0.1, 0.15) is 61.9 Å². The average molecular weight is 440 g/mol. The van der Waals surface area contributed by atoms with Crippen molar-refractivity contribution < 1.29 is 23.5 Å². The monoisotopic (exact) mass is 439 g/mol. The van der Waals surface area contributed by atoms with Gasteiger partial charge >= 0.3 is 0 Å². The zero-order chi connectivity index (χ0) is 22.9. The van der Waals surface area contributed by atoms with E-state index in [1.54, 1.807) is 17.0 Å². The molecule has 2 aliphatic heterocycles. The highest BCUT2D eigenvalue weighted by Gasteiger charge is 2.29. The molecule has 1 aromatic heterocycles. The maximum absolute atomic E-state index is 12.6. The largest absolute Gasteiger partial charge is 0.482 e. The van der Waals surface area contributed by atoms with Gasteiger partial charge in [0.05, 0.1) is 12.2 Å². The quantitative estimate of drug-likeness (QED) is 0.763. The third kappa shape index (κ3) is 4.64. The van der Waals surface area contributed by atoms with Crippen LogP contribution in [0.5, 0.6) is 5.75 Å². The minimum atomic E-state index is -0.568. The number of benzene rings is 1. The predicted molar refractivity (Wildman–Crippen MR) is 119 cm³/mol. The van der Waals surface area contributed by atoms with E-state index < -0.39 is 11.9 Å². The van der Waals surface area contributed by atoms with Crippen LogP contribution in [0, 0.1) is 0 Å². The number of ether oxygens (including phenoxy) is 1. The van der Waals surface area contributed by atoms with Crippen LogP contribution in [0.3, 0.4) is 0 Å². The Morgan fingerprint density at radius 2 is 2.00 bits per heavy atom. The lowest BCUT2D eigenvalue weighted by atomic mass is 9.86. The van der Waals surface area contributed by atoms with Gasteiger partial charge in [0.25, 0.3) is 11.8 Å². The fourth-order valence-electron chi connectivity index (χ4n) is 3.89. The summed E-state index contributed by atoms with van der Waals surface area (Å²) in [6.45, 7) is 7.08. The minimum Gasteiger partial charge on any atom is -0.482 e. The van der Waals surface area contributed by atoms with E-state index in [4.69, 9.17) is 9.15 Å². The summed E-state index contributed by atoms with van der Waals surface area (Å²) in [5.74, 6) is 0.432. The molecule has 3 amide bonds. The molecule has 1 unspecified atom stereocenters. The first-order chi connectivity index (χ1) is 15.2. The number of furan rings is 1. The maximum Gasteiger partial charge on any atom is 0.287 e. The van der Waals surface area contributed by atoms with Crippen LogP contribution in [0.25, 0.3) is 0 Å². The van der Waals surface area contributed by atoms with Crippen LogP contribution in [0.2, 0.25) is 0 Å². The Balaban J connectivity index is 1.50. The fourth-order valence-corrected chi connectivity index (χ4v) is 3.89. The van der Waals surface area contributed by atoms with Gasteiger partial charge in [-0.25, -0.2) is 0 Å². The first kappa shape index (κ1) is 21.9. The smallest absolute Gasteiger partial charge is 0.287 e. The Hall–Kier alpha value is -3.29. The molecule has 2 aromatic rings. The van der Waals surface area contributed by atoms with Crippen molar-refractivity contribution in [2.45, 2.75) is 58.0 Å². The molecule has 1 aromatic carbocycles. The van der Waals surface area contributed by atoms with Gasteiger partial charge in [-0.15, -0.1) is 0 Å². The molecule has 4 rings (SSSR count). The highest BCUT2D eigenvalue weighted by Crippen LogP contribution is 2.37. The Bertz CT molecular complexity index is 1040. The second kappa shape index (κ2) is 8.68. The number of carbonyl (C=O) groups excluding carboxylic acids is 3. The lowest BCUT2D eigenvalue weighted by molar-refractivity contribution is -0.123. The van der Waals surface area contributed by atoms with Gasteiger partial charge in [-0.2, -0.15) is 0 Å². The van der Waals surface area contributed by atoms with Crippen molar-refractivity contribution >= 4 is 23.4 Å². The summed E-state index contributed by atoms with van der Waals surface area (Å²) in [4.78, 5) is 38.9. The number of rotatable bonds is 4. The number of hydrogen-bond acceptors (Lipinski definition) is 5. The Labute approximate surface area is 187 Å². The molecule has 8 nitrogen and oxygen atoms in total. The van der Waals surface area contributed by atoms with Crippen LogP contribution in [-0.2, 0) is 21.5 Å². The number of anilines is 1. The molecule has 1 fully saturated rings. The molecule has 0 spiro atoms. The van der Waals surface area contributed by atoms with Gasteiger partial charge in [0, 0.05) is 6.54 Å². The van der Waals surface area contributed by atoms with E-state index in [0.29, 0.717) is 30.2 Å². The minimum absolute atomic E-state index is 0.0489. The first-order valence-corrected chi connectivity index (χ1v) is 11.0. The second-order valence-electron chi connectivity index (χ2n) is 9.28. The number of fused-ring (bicyclic) bond motifs is 1. The zero-order valence-electron chi connectivity index (χ0n) is 18.7. The molecule has 0 saturated carbocycles. The summed E-state index contributed by atoms with van der Waals surface area (Å²) in [6.07, 6.45) is 2.36. The summed E-state index contributed by atoms with van der Waals surface area (Å²) in [7, 11) is 0. The summed E-state index contributed by atoms with van der Waals surface area (Å²) in [6, 6.07) is 8.53. The summed E-state index contributed by atoms with van der Waals surface area (Å²) >= 11 is 0. The van der Waals surface area contributed by atoms with Gasteiger partial charge in [-0.1, -0.05) is 26.8 Å². The van der Waals surface area contributed by atoms with Crippen molar-refractivity contribution in [2.75, 3.05) is 18.1 Å². The third-order valence-electron chi connectivity index (χ3n) is 5.81. The molecule has 3 heterocycles. The molecule has 0 radical (unpaired) electrons. The van der Waals surface area contributed by atoms with E-state index in [1.807, 2.05) is 18.2 Å². The van der Waals surface area contributed by atoms with Gasteiger partial charge in [-0.3, -0.25) is 19.3 Å². The van der Waals surface area contributed by atoms with Gasteiger partial charge in [0.2, 0.25) is 5.91 Å². The first-order valence-electron chi connectivity index (χ1n) is 11.0. The molecule has 2 N–H and O–H groups in total. The van der Waals surface area contributed by atoms with E-state index >= 15 is 0 Å². The Morgan fingerprint density at radius 1 is 1.19 bits per heavy atom. The van der Waals surface area contributed by atoms with Gasteiger partial charge < -0.3 is 19.8 Å². The molecule has 0 aliphatic carbocycles. The number of carbonyl (C=O) groups is 3. The summed E-state index contributed by atoms with van der Waals surface area (Å²) in [5, 5.41) is 5.54. The van der Waals surface area contributed by atoms with Crippen LogP contribution >= 0.6 is 0 Å². The summed E-state index contributed by atoms with van der Waals surface area (Å²) < 4.78 is 11.3. The highest BCUT2D eigenvalue weighted by atomic mass is 16.5. The molecular formula is C24H29N3O5. The van der Waals surface area contributed by atoms with Crippen molar-refractivity contribution in [2.24, 2.45) is 0 Å². The van der Waals surface area contributed by atoms with E-state index in [9.17, 15) is 14.4 Å². The lowest BCUT2D eigenvalue weighted by Crippen LogP contribution is -2.45. The normalized spacial score (nSPS) is 19.0. The molecule has 0 bridgehead atoms. The predicted octanol–water partition coefficient (Wildman–Crippen LogP) is 2.90. The number of nitrogens with one attached hydrogen (secondary N) is 2. The van der Waals surface area contributed by atoms with Gasteiger partial charge in [0.1, 0.15) is 17.6 Å². The highest BCUT2D eigenvalue weighted by molar-refractivity contribution is 5.98. The van der Waals surface area contributed by atoms with Crippen LogP contribution < -0.4 is 20.3 Å². The van der Waals surface area contributed by atoms with Gasteiger partial charge in [-0.05, 0) is 54.5 Å². The number of nitrogens with zero attached hydrogens (tertiary/aromatic N) is 1. The van der Waals surface area contributed by atoms with E-state index in [1.165, 1.54) is 0 Å². The van der Waals surface area contributed by atoms with Crippen molar-refractivity contribution in [1.82, 2.24) is 10.6 Å². The summed E-state index contributed by atoms with van der Waals surface area (Å²) in [5.41, 5.74) is 1.69. The fraction of sp³-hybridized carbons (Fsp3) is 0.458. The number of amides is 3. The van der Waals surface area contributed by atoms with E-state index in [0.717, 1.165) is 18.4 Å². The maximum atomic E-state index is 12.6. The van der Waals surface area contributed by atoms with Crippen molar-refractivity contribution in [3.8, 4) is 5.75 Å². The Morgan fingerprint density at radius 3 is 2.78 bits per heavy atom. The van der Waals surface area contributed by atoms with Crippen molar-refractivity contribution in [1.29, 1.82) is 0 Å². The molecule has 2 aliphatic rings. The van der Waals surface area contributed by atoms with E-state index in [2.05, 4.69) is 31.4 Å². The number of hydrogen-bond donors (Lipinski definition) is 2. The third-order valence-corrected chi connectivity index (χ3v) is 5.81. The molecule has 8 heteroatoms. The topological polar surface area (TPSA) is 101 Å². The second-order valence-corrected chi connectivity index (χ2v) is 9.28. The molecule has 1 saturated heterocycles. The SMILES string of the molecule is CC(C)(C)c1ccc2c(c1)N(Cc1ccc(C(=O)NC3CCCCNC3=O)o1)C(=O)CO2. The molecule has 32 heavy (non-hydrogen) atoms. The Kier molecular flexibility index (Phi) is 5.95. The molecular weight excluding hydrogens is 410 g/mol. The zero-order valence-corrected chi connectivity index (χ0v) is 18.7. The van der Waals surface area contributed by atoms with E-state index in [-0.39, 0.29) is 36.1 Å². The van der Waals surface area contributed by atoms with Crippen LogP contribution in [0.15, 0.2) is 34.7 Å². The van der Waals surface area contributed by atoms with Crippen molar-refractivity contribution in [3.05, 3.63) is 47.4 Å².